The summed E-state index contributed by atoms with van der Waals surface area (Å²) >= 11 is 1.38. The smallest absolute Gasteiger partial charge is 0.278 e. The van der Waals surface area contributed by atoms with E-state index in [1.807, 2.05) is 0 Å². The van der Waals surface area contributed by atoms with Crippen molar-refractivity contribution < 1.29 is 9.59 Å². The molecule has 27 heavy (non-hydrogen) atoms. The molecule has 0 aliphatic heterocycles. The predicted molar refractivity (Wildman–Crippen MR) is 102 cm³/mol. The largest absolute Gasteiger partial charge is 0.365 e. The minimum atomic E-state index is -0.549. The van der Waals surface area contributed by atoms with Gasteiger partial charge in [-0.05, 0) is 43.4 Å². The Bertz CT molecular complexity index is 1120. The molecule has 0 atom stereocenters. The molecule has 0 spiro atoms. The topological polar surface area (TPSA) is 120 Å². The third kappa shape index (κ3) is 3.21. The number of hydrogen-bond acceptors (Lipinski definition) is 6. The highest BCUT2D eigenvalue weighted by Gasteiger charge is 2.25. The molecule has 138 valence electrons. The fraction of sp³-hybridized carbons (Fsp3) is 0.278. The SMILES string of the molecule is NC(=O)c1c(NC(=O)Cn2nnc3ccccc3c2=O)sc2c1CCCC2. The normalized spacial score (nSPS) is 13.3. The third-order valence-corrected chi connectivity index (χ3v) is 5.80. The summed E-state index contributed by atoms with van der Waals surface area (Å²) in [6, 6.07) is 6.81. The number of nitrogens with one attached hydrogen (secondary N) is 1. The lowest BCUT2D eigenvalue weighted by Crippen LogP contribution is -2.30. The quantitative estimate of drug-likeness (QED) is 0.707. The highest BCUT2D eigenvalue weighted by molar-refractivity contribution is 7.17. The van der Waals surface area contributed by atoms with Crippen LogP contribution in [0.3, 0.4) is 0 Å². The van der Waals surface area contributed by atoms with Crippen LogP contribution in [0.5, 0.6) is 0 Å². The first kappa shape index (κ1) is 17.3. The predicted octanol–water partition coefficient (Wildman–Crippen LogP) is 1.47. The molecule has 9 heteroatoms. The Morgan fingerprint density at radius 3 is 2.81 bits per heavy atom. The van der Waals surface area contributed by atoms with Crippen molar-refractivity contribution in [2.24, 2.45) is 5.73 Å². The summed E-state index contributed by atoms with van der Waals surface area (Å²) in [6.07, 6.45) is 3.72. The molecule has 0 unspecified atom stereocenters. The highest BCUT2D eigenvalue weighted by Crippen LogP contribution is 2.37. The average Bonchev–Trinajstić information content (AvgIpc) is 3.02. The number of anilines is 1. The van der Waals surface area contributed by atoms with E-state index in [1.165, 1.54) is 11.3 Å². The van der Waals surface area contributed by atoms with Gasteiger partial charge in [-0.3, -0.25) is 14.4 Å². The van der Waals surface area contributed by atoms with Gasteiger partial charge in [0.2, 0.25) is 5.91 Å². The van der Waals surface area contributed by atoms with E-state index in [2.05, 4.69) is 15.6 Å². The van der Waals surface area contributed by atoms with Gasteiger partial charge in [-0.25, -0.2) is 4.68 Å². The fourth-order valence-electron chi connectivity index (χ4n) is 3.34. The van der Waals surface area contributed by atoms with Crippen molar-refractivity contribution in [2.45, 2.75) is 32.2 Å². The van der Waals surface area contributed by atoms with Crippen LogP contribution in [0, 0.1) is 0 Å². The summed E-state index contributed by atoms with van der Waals surface area (Å²) in [7, 11) is 0. The Morgan fingerprint density at radius 2 is 2.00 bits per heavy atom. The molecule has 1 aliphatic rings. The van der Waals surface area contributed by atoms with E-state index in [0.29, 0.717) is 21.5 Å². The second-order valence-electron chi connectivity index (χ2n) is 6.40. The summed E-state index contributed by atoms with van der Waals surface area (Å²) in [5.41, 5.74) is 6.95. The van der Waals surface area contributed by atoms with Crippen molar-refractivity contribution in [1.82, 2.24) is 15.0 Å². The Hall–Kier alpha value is -3.07. The molecule has 0 saturated heterocycles. The molecule has 2 heterocycles. The number of fused-ring (bicyclic) bond motifs is 2. The van der Waals surface area contributed by atoms with Crippen LogP contribution in [0.1, 0.15) is 33.6 Å². The number of benzene rings is 1. The van der Waals surface area contributed by atoms with Crippen molar-refractivity contribution in [2.75, 3.05) is 5.32 Å². The maximum Gasteiger partial charge on any atom is 0.278 e. The summed E-state index contributed by atoms with van der Waals surface area (Å²) in [5, 5.41) is 11.3. The number of rotatable bonds is 4. The first-order valence-corrected chi connectivity index (χ1v) is 9.43. The summed E-state index contributed by atoms with van der Waals surface area (Å²) in [4.78, 5) is 37.9. The number of carbonyl (C=O) groups excluding carboxylic acids is 2. The molecule has 0 bridgehead atoms. The molecule has 0 radical (unpaired) electrons. The molecule has 3 N–H and O–H groups in total. The van der Waals surface area contributed by atoms with E-state index in [1.54, 1.807) is 24.3 Å². The van der Waals surface area contributed by atoms with Crippen molar-refractivity contribution in [3.63, 3.8) is 0 Å². The minimum absolute atomic E-state index is 0.294. The number of hydrogen-bond donors (Lipinski definition) is 2. The Morgan fingerprint density at radius 1 is 1.22 bits per heavy atom. The lowest BCUT2D eigenvalue weighted by molar-refractivity contribution is -0.117. The van der Waals surface area contributed by atoms with Crippen LogP contribution in [-0.2, 0) is 24.2 Å². The lowest BCUT2D eigenvalue weighted by atomic mass is 9.95. The van der Waals surface area contributed by atoms with Crippen molar-refractivity contribution in [3.05, 3.63) is 50.6 Å². The number of aromatic nitrogens is 3. The Kier molecular flexibility index (Phi) is 4.44. The van der Waals surface area contributed by atoms with E-state index in [4.69, 9.17) is 5.73 Å². The standard InChI is InChI=1S/C18H17N5O3S/c19-16(25)15-11-6-2-4-8-13(11)27-17(15)20-14(24)9-23-18(26)10-5-1-3-7-12(10)21-22-23/h1,3,5,7H,2,4,6,8-9H2,(H2,19,25)(H,20,24). The molecule has 0 saturated carbocycles. The maximum atomic E-state index is 12.5. The third-order valence-electron chi connectivity index (χ3n) is 4.59. The molecule has 2 amide bonds. The zero-order valence-corrected chi connectivity index (χ0v) is 15.2. The fourth-order valence-corrected chi connectivity index (χ4v) is 4.65. The van der Waals surface area contributed by atoms with Crippen LogP contribution in [0.2, 0.25) is 0 Å². The first-order valence-electron chi connectivity index (χ1n) is 8.61. The van der Waals surface area contributed by atoms with Gasteiger partial charge in [0.15, 0.2) is 0 Å². The van der Waals surface area contributed by atoms with Crippen molar-refractivity contribution in [1.29, 1.82) is 0 Å². The summed E-state index contributed by atoms with van der Waals surface area (Å²) in [5.74, 6) is -1.00. The van der Waals surface area contributed by atoms with Gasteiger partial charge in [-0.15, -0.1) is 16.4 Å². The van der Waals surface area contributed by atoms with Gasteiger partial charge >= 0.3 is 0 Å². The van der Waals surface area contributed by atoms with Gasteiger partial charge in [0.05, 0.1) is 10.9 Å². The van der Waals surface area contributed by atoms with Crippen LogP contribution >= 0.6 is 11.3 Å². The highest BCUT2D eigenvalue weighted by atomic mass is 32.1. The van der Waals surface area contributed by atoms with E-state index >= 15 is 0 Å². The number of aryl methyl sites for hydroxylation is 1. The van der Waals surface area contributed by atoms with Gasteiger partial charge < -0.3 is 11.1 Å². The van der Waals surface area contributed by atoms with Crippen LogP contribution in [0.4, 0.5) is 5.00 Å². The zero-order chi connectivity index (χ0) is 19.0. The van der Waals surface area contributed by atoms with Crippen LogP contribution in [-0.4, -0.2) is 26.8 Å². The van der Waals surface area contributed by atoms with E-state index in [0.717, 1.165) is 40.8 Å². The second kappa shape index (κ2) is 6.92. The number of carbonyl (C=O) groups is 2. The van der Waals surface area contributed by atoms with Crippen molar-refractivity contribution >= 4 is 39.1 Å². The minimum Gasteiger partial charge on any atom is -0.365 e. The summed E-state index contributed by atoms with van der Waals surface area (Å²) in [6.45, 7) is -0.294. The molecular formula is C18H17N5O3S. The average molecular weight is 383 g/mol. The number of primary amides is 1. The monoisotopic (exact) mass is 383 g/mol. The molecule has 4 rings (SSSR count). The maximum absolute atomic E-state index is 12.5. The summed E-state index contributed by atoms with van der Waals surface area (Å²) < 4.78 is 1.01. The van der Waals surface area contributed by atoms with Gasteiger partial charge in [0.1, 0.15) is 17.1 Å². The van der Waals surface area contributed by atoms with Gasteiger partial charge in [-0.2, -0.15) is 0 Å². The van der Waals surface area contributed by atoms with Gasteiger partial charge in [0.25, 0.3) is 11.5 Å². The van der Waals surface area contributed by atoms with Crippen LogP contribution in [0.15, 0.2) is 29.1 Å². The number of nitrogens with zero attached hydrogens (tertiary/aromatic N) is 3. The Labute approximate surface area is 158 Å². The molecule has 1 aromatic carbocycles. The molecule has 1 aliphatic carbocycles. The van der Waals surface area contributed by atoms with E-state index in [-0.39, 0.29) is 6.54 Å². The van der Waals surface area contributed by atoms with E-state index in [9.17, 15) is 14.4 Å². The molecule has 8 nitrogen and oxygen atoms in total. The first-order chi connectivity index (χ1) is 13.0. The zero-order valence-electron chi connectivity index (χ0n) is 14.4. The molecule has 2 aromatic heterocycles. The van der Waals surface area contributed by atoms with Crippen molar-refractivity contribution in [3.8, 4) is 0 Å². The molecule has 0 fully saturated rings. The molecule has 3 aromatic rings. The number of amides is 2. The lowest BCUT2D eigenvalue weighted by Gasteiger charge is -2.11. The Balaban J connectivity index is 1.60. The van der Waals surface area contributed by atoms with Gasteiger partial charge in [0, 0.05) is 4.88 Å². The van der Waals surface area contributed by atoms with Crippen LogP contribution in [0.25, 0.3) is 10.9 Å². The molecular weight excluding hydrogens is 366 g/mol. The number of nitrogens with two attached hydrogens (primary N) is 1. The van der Waals surface area contributed by atoms with Crippen LogP contribution < -0.4 is 16.6 Å². The van der Waals surface area contributed by atoms with Gasteiger partial charge in [-0.1, -0.05) is 17.3 Å². The second-order valence-corrected chi connectivity index (χ2v) is 7.50. The van der Waals surface area contributed by atoms with E-state index < -0.39 is 17.4 Å². The number of thiophene rings is 1.